The highest BCUT2D eigenvalue weighted by molar-refractivity contribution is 5.94. The molecule has 2 N–H and O–H groups in total. The van der Waals surface area contributed by atoms with Crippen molar-refractivity contribution in [1.82, 2.24) is 19.8 Å². The van der Waals surface area contributed by atoms with E-state index in [0.29, 0.717) is 79.3 Å². The van der Waals surface area contributed by atoms with Crippen molar-refractivity contribution < 1.29 is 23.8 Å². The number of nitrogens with one attached hydrogen (secondary N) is 2. The van der Waals surface area contributed by atoms with Crippen LogP contribution < -0.4 is 26.0 Å². The third-order valence-electron chi connectivity index (χ3n) is 6.56. The molecule has 4 rings (SSSR count). The van der Waals surface area contributed by atoms with Crippen LogP contribution in [0.3, 0.4) is 0 Å². The lowest BCUT2D eigenvalue weighted by Gasteiger charge is -2.31. The van der Waals surface area contributed by atoms with Crippen molar-refractivity contribution in [3.05, 3.63) is 68.4 Å². The van der Waals surface area contributed by atoms with Gasteiger partial charge in [-0.1, -0.05) is 12.1 Å². The van der Waals surface area contributed by atoms with E-state index in [1.165, 1.54) is 0 Å². The molecular weight excluding hydrogens is 504 g/mol. The molecule has 0 radical (unpaired) electrons. The number of hydrogen-bond donors (Lipinski definition) is 2. The first kappa shape index (κ1) is 27.7. The van der Waals surface area contributed by atoms with Crippen LogP contribution in [0.1, 0.15) is 49.5 Å². The maximum Gasteiger partial charge on any atom is 0.409 e. The van der Waals surface area contributed by atoms with Crippen molar-refractivity contribution in [3.63, 3.8) is 0 Å². The SMILES string of the molecule is CCOC(=O)N1CCC(NC(=O)c2ccc(Cn3c(=O)[nH]c4cc(OCC)c(OCC)cc4c3=O)cc2)CC1. The molecule has 1 aromatic heterocycles. The summed E-state index contributed by atoms with van der Waals surface area (Å²) >= 11 is 0. The average molecular weight is 539 g/mol. The number of aromatic nitrogens is 2. The number of aromatic amines is 1. The fourth-order valence-corrected chi connectivity index (χ4v) is 4.57. The Labute approximate surface area is 225 Å². The van der Waals surface area contributed by atoms with E-state index in [4.69, 9.17) is 14.2 Å². The van der Waals surface area contributed by atoms with Crippen LogP contribution in [0.4, 0.5) is 4.79 Å². The first-order valence-electron chi connectivity index (χ1n) is 13.2. The molecule has 0 bridgehead atoms. The Morgan fingerprint density at radius 1 is 0.949 bits per heavy atom. The summed E-state index contributed by atoms with van der Waals surface area (Å²) in [5.41, 5.74) is 0.533. The van der Waals surface area contributed by atoms with Gasteiger partial charge in [0.05, 0.1) is 37.3 Å². The standard InChI is InChI=1S/C28H34N4O7/c1-4-37-23-15-21-22(16-24(23)38-5-2)30-27(35)32(26(21)34)17-18-7-9-19(10-8-18)25(33)29-20-11-13-31(14-12-20)28(36)39-6-3/h7-10,15-16,20H,4-6,11-14,17H2,1-3H3,(H,29,33)(H,30,35). The number of H-pyrrole nitrogens is 1. The van der Waals surface area contributed by atoms with E-state index < -0.39 is 11.2 Å². The molecule has 39 heavy (non-hydrogen) atoms. The molecule has 3 aromatic rings. The summed E-state index contributed by atoms with van der Waals surface area (Å²) in [6.07, 6.45) is 0.966. The van der Waals surface area contributed by atoms with Gasteiger partial charge in [0.15, 0.2) is 11.5 Å². The summed E-state index contributed by atoms with van der Waals surface area (Å²) in [5.74, 6) is 0.674. The summed E-state index contributed by atoms with van der Waals surface area (Å²) in [4.78, 5) is 55.0. The molecule has 1 fully saturated rings. The normalized spacial score (nSPS) is 13.8. The van der Waals surface area contributed by atoms with E-state index in [0.717, 1.165) is 4.57 Å². The van der Waals surface area contributed by atoms with E-state index in [1.54, 1.807) is 48.2 Å². The molecule has 1 aliphatic heterocycles. The van der Waals surface area contributed by atoms with Gasteiger partial charge >= 0.3 is 11.8 Å². The quantitative estimate of drug-likeness (QED) is 0.428. The number of nitrogens with zero attached hydrogens (tertiary/aromatic N) is 2. The molecule has 2 heterocycles. The minimum Gasteiger partial charge on any atom is -0.490 e. The maximum absolute atomic E-state index is 13.2. The van der Waals surface area contributed by atoms with Crippen LogP contribution >= 0.6 is 0 Å². The zero-order valence-electron chi connectivity index (χ0n) is 22.5. The van der Waals surface area contributed by atoms with Gasteiger partial charge in [-0.25, -0.2) is 9.59 Å². The smallest absolute Gasteiger partial charge is 0.409 e. The molecule has 0 saturated carbocycles. The molecule has 2 amide bonds. The lowest BCUT2D eigenvalue weighted by Crippen LogP contribution is -2.46. The van der Waals surface area contributed by atoms with Crippen molar-refractivity contribution in [2.45, 2.75) is 46.2 Å². The van der Waals surface area contributed by atoms with Gasteiger partial charge < -0.3 is 29.4 Å². The molecule has 1 aliphatic rings. The van der Waals surface area contributed by atoms with Crippen LogP contribution in [0, 0.1) is 0 Å². The monoisotopic (exact) mass is 538 g/mol. The van der Waals surface area contributed by atoms with E-state index in [-0.39, 0.29) is 24.6 Å². The van der Waals surface area contributed by atoms with Crippen molar-refractivity contribution in [1.29, 1.82) is 0 Å². The van der Waals surface area contributed by atoms with Gasteiger partial charge in [0, 0.05) is 30.8 Å². The highest BCUT2D eigenvalue weighted by atomic mass is 16.6. The molecule has 1 saturated heterocycles. The van der Waals surface area contributed by atoms with Crippen LogP contribution in [0.2, 0.25) is 0 Å². The highest BCUT2D eigenvalue weighted by Crippen LogP contribution is 2.30. The Hall–Kier alpha value is -4.28. The summed E-state index contributed by atoms with van der Waals surface area (Å²) in [6.45, 7) is 7.68. The minimum absolute atomic E-state index is 0.0372. The fourth-order valence-electron chi connectivity index (χ4n) is 4.57. The molecule has 0 atom stereocenters. The number of rotatable bonds is 9. The molecule has 208 valence electrons. The summed E-state index contributed by atoms with van der Waals surface area (Å²) in [5, 5.41) is 3.32. The van der Waals surface area contributed by atoms with Crippen molar-refractivity contribution in [3.8, 4) is 11.5 Å². The molecule has 2 aromatic carbocycles. The zero-order chi connectivity index (χ0) is 27.9. The molecule has 11 nitrogen and oxygen atoms in total. The van der Waals surface area contributed by atoms with Crippen LogP contribution in [-0.2, 0) is 11.3 Å². The van der Waals surface area contributed by atoms with Crippen LogP contribution in [0.15, 0.2) is 46.0 Å². The second-order valence-electron chi connectivity index (χ2n) is 9.16. The second-order valence-corrected chi connectivity index (χ2v) is 9.16. The topological polar surface area (TPSA) is 132 Å². The van der Waals surface area contributed by atoms with Crippen molar-refractivity contribution in [2.24, 2.45) is 0 Å². The van der Waals surface area contributed by atoms with E-state index in [1.807, 2.05) is 13.8 Å². The average Bonchev–Trinajstić information content (AvgIpc) is 2.93. The second kappa shape index (κ2) is 12.5. The summed E-state index contributed by atoms with van der Waals surface area (Å²) in [7, 11) is 0. The van der Waals surface area contributed by atoms with Gasteiger partial charge in [-0.2, -0.15) is 0 Å². The molecule has 11 heteroatoms. The van der Waals surface area contributed by atoms with E-state index in [2.05, 4.69) is 10.3 Å². The lowest BCUT2D eigenvalue weighted by molar-refractivity contribution is 0.0860. The third kappa shape index (κ3) is 6.42. The lowest BCUT2D eigenvalue weighted by atomic mass is 10.0. The fraction of sp³-hybridized carbons (Fsp3) is 0.429. The Morgan fingerprint density at radius 2 is 1.59 bits per heavy atom. The van der Waals surface area contributed by atoms with Gasteiger partial charge in [0.25, 0.3) is 11.5 Å². The summed E-state index contributed by atoms with van der Waals surface area (Å²) in [6, 6.07) is 9.92. The molecule has 0 spiro atoms. The number of amides is 2. The van der Waals surface area contributed by atoms with Crippen LogP contribution in [0.25, 0.3) is 10.9 Å². The Balaban J connectivity index is 1.45. The predicted octanol–water partition coefficient (Wildman–Crippen LogP) is 2.89. The highest BCUT2D eigenvalue weighted by Gasteiger charge is 2.25. The van der Waals surface area contributed by atoms with Crippen LogP contribution in [-0.4, -0.2) is 65.4 Å². The van der Waals surface area contributed by atoms with Gasteiger partial charge in [-0.3, -0.25) is 14.2 Å². The van der Waals surface area contributed by atoms with E-state index >= 15 is 0 Å². The Morgan fingerprint density at radius 3 is 2.21 bits per heavy atom. The Bertz CT molecular complexity index is 1440. The number of piperidine rings is 1. The van der Waals surface area contributed by atoms with Gasteiger partial charge in [-0.15, -0.1) is 0 Å². The van der Waals surface area contributed by atoms with Crippen molar-refractivity contribution in [2.75, 3.05) is 32.9 Å². The molecule has 0 unspecified atom stereocenters. The number of fused-ring (bicyclic) bond motifs is 1. The summed E-state index contributed by atoms with van der Waals surface area (Å²) < 4.78 is 17.4. The van der Waals surface area contributed by atoms with Crippen LogP contribution in [0.5, 0.6) is 11.5 Å². The zero-order valence-corrected chi connectivity index (χ0v) is 22.5. The van der Waals surface area contributed by atoms with Gasteiger partial charge in [0.1, 0.15) is 0 Å². The number of likely N-dealkylation sites (tertiary alicyclic amines) is 1. The number of carbonyl (C=O) groups is 2. The van der Waals surface area contributed by atoms with Crippen molar-refractivity contribution >= 4 is 22.9 Å². The van der Waals surface area contributed by atoms with Gasteiger partial charge in [0.2, 0.25) is 0 Å². The number of benzene rings is 2. The maximum atomic E-state index is 13.2. The minimum atomic E-state index is -0.546. The molecule has 0 aliphatic carbocycles. The first-order valence-corrected chi connectivity index (χ1v) is 13.2. The predicted molar refractivity (Wildman–Crippen MR) is 146 cm³/mol. The van der Waals surface area contributed by atoms with E-state index in [9.17, 15) is 19.2 Å². The Kier molecular flexibility index (Phi) is 8.90. The third-order valence-corrected chi connectivity index (χ3v) is 6.56. The largest absolute Gasteiger partial charge is 0.490 e. The number of ether oxygens (including phenoxy) is 3. The molecular formula is C28H34N4O7. The number of carbonyl (C=O) groups excluding carboxylic acids is 2. The van der Waals surface area contributed by atoms with Gasteiger partial charge in [-0.05, 0) is 57.4 Å². The number of hydrogen-bond acceptors (Lipinski definition) is 7. The first-order chi connectivity index (χ1) is 18.8.